The first-order valence-corrected chi connectivity index (χ1v) is 4.83. The highest BCUT2D eigenvalue weighted by molar-refractivity contribution is 4.87. The summed E-state index contributed by atoms with van der Waals surface area (Å²) in [6.07, 6.45) is 0.509. The van der Waals surface area contributed by atoms with Gasteiger partial charge in [-0.15, -0.1) is 0 Å². The fraction of sp³-hybridized carbons (Fsp3) is 1.00. The predicted octanol–water partition coefficient (Wildman–Crippen LogP) is 1.10. The van der Waals surface area contributed by atoms with Crippen molar-refractivity contribution in [2.75, 3.05) is 19.6 Å². The summed E-state index contributed by atoms with van der Waals surface area (Å²) in [5.41, 5.74) is 0. The van der Waals surface area contributed by atoms with Crippen LogP contribution >= 0.6 is 0 Å². The van der Waals surface area contributed by atoms with Gasteiger partial charge < -0.3 is 5.11 Å². The van der Waals surface area contributed by atoms with E-state index in [1.165, 1.54) is 0 Å². The molecule has 2 fully saturated rings. The molecule has 0 aromatic rings. The van der Waals surface area contributed by atoms with Crippen LogP contribution in [-0.4, -0.2) is 41.7 Å². The lowest BCUT2D eigenvalue weighted by molar-refractivity contribution is -0.0176. The molecule has 2 rings (SSSR count). The van der Waals surface area contributed by atoms with Crippen molar-refractivity contribution in [3.05, 3.63) is 0 Å². The number of β-amino-alcohol motifs (C(OH)–C–C–N with tert-alkyl or cyclic N) is 1. The topological polar surface area (TPSA) is 23.5 Å². The third kappa shape index (κ3) is 2.17. The zero-order chi connectivity index (χ0) is 9.47. The highest BCUT2D eigenvalue weighted by atomic mass is 19.3. The minimum absolute atomic E-state index is 0.0413. The highest BCUT2D eigenvalue weighted by Gasteiger charge is 2.40. The first-order valence-electron chi connectivity index (χ1n) is 4.83. The van der Waals surface area contributed by atoms with Crippen molar-refractivity contribution in [1.82, 2.24) is 4.90 Å². The largest absolute Gasteiger partial charge is 0.390 e. The summed E-state index contributed by atoms with van der Waals surface area (Å²) in [5, 5.41) is 9.01. The van der Waals surface area contributed by atoms with E-state index in [1.807, 2.05) is 0 Å². The quantitative estimate of drug-likeness (QED) is 0.706. The number of aliphatic hydroxyl groups excluding tert-OH is 1. The maximum atomic E-state index is 12.8. The van der Waals surface area contributed by atoms with E-state index >= 15 is 0 Å². The van der Waals surface area contributed by atoms with Gasteiger partial charge in [0.1, 0.15) is 0 Å². The van der Waals surface area contributed by atoms with Crippen LogP contribution < -0.4 is 0 Å². The van der Waals surface area contributed by atoms with Gasteiger partial charge in [-0.25, -0.2) is 8.78 Å². The Labute approximate surface area is 76.5 Å². The average Bonchev–Trinajstić information content (AvgIpc) is 2.27. The molecule has 2 aliphatic rings. The summed E-state index contributed by atoms with van der Waals surface area (Å²) in [6.45, 7) is 2.08. The fourth-order valence-electron chi connectivity index (χ4n) is 2.25. The predicted molar refractivity (Wildman–Crippen MR) is 44.7 cm³/mol. The number of alkyl halides is 2. The Morgan fingerprint density at radius 2 is 2.08 bits per heavy atom. The lowest BCUT2D eigenvalue weighted by atomic mass is 10.0. The molecule has 0 aromatic heterocycles. The van der Waals surface area contributed by atoms with Crippen molar-refractivity contribution >= 4 is 0 Å². The maximum Gasteiger partial charge on any atom is 0.248 e. The second kappa shape index (κ2) is 3.17. The number of rotatable bonds is 2. The van der Waals surface area contributed by atoms with Gasteiger partial charge >= 0.3 is 0 Å². The summed E-state index contributed by atoms with van der Waals surface area (Å²) >= 11 is 0. The lowest BCUT2D eigenvalue weighted by Gasteiger charge is -2.37. The highest BCUT2D eigenvalue weighted by Crippen LogP contribution is 2.39. The van der Waals surface area contributed by atoms with Gasteiger partial charge in [-0.2, -0.15) is 0 Å². The van der Waals surface area contributed by atoms with Crippen molar-refractivity contribution < 1.29 is 13.9 Å². The van der Waals surface area contributed by atoms with Gasteiger partial charge in [0.2, 0.25) is 5.92 Å². The summed E-state index contributed by atoms with van der Waals surface area (Å²) < 4.78 is 25.6. The van der Waals surface area contributed by atoms with Gasteiger partial charge in [-0.3, -0.25) is 4.90 Å². The van der Waals surface area contributed by atoms with Crippen LogP contribution in [0, 0.1) is 5.92 Å². The van der Waals surface area contributed by atoms with E-state index in [0.29, 0.717) is 19.5 Å². The van der Waals surface area contributed by atoms with Crippen LogP contribution in [0.4, 0.5) is 8.78 Å². The molecule has 1 atom stereocenters. The smallest absolute Gasteiger partial charge is 0.248 e. The molecule has 1 saturated heterocycles. The Hall–Kier alpha value is -0.220. The van der Waals surface area contributed by atoms with Crippen LogP contribution in [0.1, 0.15) is 19.3 Å². The first kappa shape index (κ1) is 9.34. The van der Waals surface area contributed by atoms with Crippen LogP contribution in [0.15, 0.2) is 0 Å². The average molecular weight is 191 g/mol. The third-order valence-corrected chi connectivity index (χ3v) is 2.96. The molecule has 0 spiro atoms. The molecule has 0 bridgehead atoms. The SMILES string of the molecule is OC1CN(CC2CCC(F)(F)C2)C1. The number of nitrogens with zero attached hydrogens (tertiary/aromatic N) is 1. The molecule has 4 heteroatoms. The van der Waals surface area contributed by atoms with E-state index in [0.717, 1.165) is 6.54 Å². The first-order chi connectivity index (χ1) is 6.05. The van der Waals surface area contributed by atoms with Crippen LogP contribution in [0.5, 0.6) is 0 Å². The van der Waals surface area contributed by atoms with E-state index in [1.54, 1.807) is 0 Å². The van der Waals surface area contributed by atoms with Gasteiger partial charge in [0.25, 0.3) is 0 Å². The number of likely N-dealkylation sites (tertiary alicyclic amines) is 1. The zero-order valence-electron chi connectivity index (χ0n) is 7.55. The van der Waals surface area contributed by atoms with E-state index in [9.17, 15) is 8.78 Å². The van der Waals surface area contributed by atoms with Crippen molar-refractivity contribution in [3.63, 3.8) is 0 Å². The van der Waals surface area contributed by atoms with Gasteiger partial charge in [0, 0.05) is 32.5 Å². The van der Waals surface area contributed by atoms with Gasteiger partial charge in [-0.1, -0.05) is 0 Å². The molecule has 1 N–H and O–H groups in total. The molecule has 1 unspecified atom stereocenters. The van der Waals surface area contributed by atoms with Crippen molar-refractivity contribution in [2.24, 2.45) is 5.92 Å². The van der Waals surface area contributed by atoms with E-state index in [-0.39, 0.29) is 24.9 Å². The van der Waals surface area contributed by atoms with Crippen LogP contribution in [-0.2, 0) is 0 Å². The summed E-state index contributed by atoms with van der Waals surface area (Å²) in [6, 6.07) is 0. The minimum Gasteiger partial charge on any atom is -0.390 e. The zero-order valence-corrected chi connectivity index (χ0v) is 7.55. The minimum atomic E-state index is -2.42. The second-order valence-corrected chi connectivity index (χ2v) is 4.34. The normalized spacial score (nSPS) is 34.8. The maximum absolute atomic E-state index is 12.8. The molecule has 0 radical (unpaired) electrons. The Morgan fingerprint density at radius 3 is 2.54 bits per heavy atom. The van der Waals surface area contributed by atoms with Crippen LogP contribution in [0.3, 0.4) is 0 Å². The molecule has 1 heterocycles. The number of hydrogen-bond acceptors (Lipinski definition) is 2. The fourth-order valence-corrected chi connectivity index (χ4v) is 2.25. The van der Waals surface area contributed by atoms with E-state index in [4.69, 9.17) is 5.11 Å². The molecular formula is C9H15F2NO. The number of hydrogen-bond donors (Lipinski definition) is 1. The lowest BCUT2D eigenvalue weighted by Crippen LogP contribution is -2.52. The molecule has 1 aliphatic heterocycles. The van der Waals surface area contributed by atoms with Gasteiger partial charge in [0.05, 0.1) is 6.10 Å². The monoisotopic (exact) mass is 191 g/mol. The van der Waals surface area contributed by atoms with E-state index in [2.05, 4.69) is 4.90 Å². The summed E-state index contributed by atoms with van der Waals surface area (Å²) in [5.74, 6) is -2.28. The van der Waals surface area contributed by atoms with E-state index < -0.39 is 5.92 Å². The summed E-state index contributed by atoms with van der Waals surface area (Å²) in [4.78, 5) is 2.05. The molecule has 0 amide bonds. The Balaban J connectivity index is 1.72. The Kier molecular flexibility index (Phi) is 2.28. The van der Waals surface area contributed by atoms with Crippen molar-refractivity contribution in [2.45, 2.75) is 31.3 Å². The van der Waals surface area contributed by atoms with Crippen molar-refractivity contribution in [1.29, 1.82) is 0 Å². The van der Waals surface area contributed by atoms with Crippen LogP contribution in [0.25, 0.3) is 0 Å². The molecule has 1 aliphatic carbocycles. The molecule has 0 aromatic carbocycles. The van der Waals surface area contributed by atoms with Gasteiger partial charge in [0.15, 0.2) is 0 Å². The molecule has 1 saturated carbocycles. The number of aliphatic hydroxyl groups is 1. The van der Waals surface area contributed by atoms with Crippen LogP contribution in [0.2, 0.25) is 0 Å². The standard InChI is InChI=1S/C9H15F2NO/c10-9(11)2-1-7(3-9)4-12-5-8(13)6-12/h7-8,13H,1-6H2. The molecular weight excluding hydrogens is 176 g/mol. The molecule has 2 nitrogen and oxygen atoms in total. The number of halogens is 2. The third-order valence-electron chi connectivity index (χ3n) is 2.96. The van der Waals surface area contributed by atoms with Gasteiger partial charge in [-0.05, 0) is 12.3 Å². The Morgan fingerprint density at radius 1 is 1.38 bits per heavy atom. The second-order valence-electron chi connectivity index (χ2n) is 4.34. The Bertz CT molecular complexity index is 192. The molecule has 13 heavy (non-hydrogen) atoms. The summed E-state index contributed by atoms with van der Waals surface area (Å²) in [7, 11) is 0. The molecule has 76 valence electrons. The van der Waals surface area contributed by atoms with Crippen molar-refractivity contribution in [3.8, 4) is 0 Å².